The second-order valence-electron chi connectivity index (χ2n) is 5.82. The van der Waals surface area contributed by atoms with Crippen molar-refractivity contribution in [3.8, 4) is 0 Å². The van der Waals surface area contributed by atoms with Crippen molar-refractivity contribution < 1.29 is 19.4 Å². The highest BCUT2D eigenvalue weighted by molar-refractivity contribution is 5.86. The molecule has 2 N–H and O–H groups in total. The Morgan fingerprint density at radius 1 is 0.958 bits per heavy atom. The normalized spacial score (nSPS) is 16.0. The van der Waals surface area contributed by atoms with E-state index in [1.807, 2.05) is 6.07 Å². The number of ether oxygens (including phenoxy) is 1. The molecule has 0 aliphatic heterocycles. The van der Waals surface area contributed by atoms with E-state index in [2.05, 4.69) is 5.32 Å². The van der Waals surface area contributed by atoms with Crippen LogP contribution in [0, 0.1) is 0 Å². The number of esters is 1. The molecule has 5 heteroatoms. The fourth-order valence-corrected chi connectivity index (χ4v) is 2.36. The predicted octanol–water partition coefficient (Wildman–Crippen LogP) is 2.28. The van der Waals surface area contributed by atoms with E-state index in [9.17, 15) is 14.7 Å². The molecule has 0 aromatic heterocycles. The Hall–Kier alpha value is -2.66. The molecule has 1 fully saturated rings. The molecule has 24 heavy (non-hydrogen) atoms. The van der Waals surface area contributed by atoms with E-state index in [-0.39, 0.29) is 11.9 Å². The van der Waals surface area contributed by atoms with E-state index in [1.54, 1.807) is 54.6 Å². The van der Waals surface area contributed by atoms with Crippen LogP contribution in [-0.2, 0) is 14.3 Å². The molecule has 1 aliphatic rings. The zero-order valence-corrected chi connectivity index (χ0v) is 13.1. The Bertz CT molecular complexity index is 698. The van der Waals surface area contributed by atoms with Crippen molar-refractivity contribution in [2.45, 2.75) is 31.1 Å². The van der Waals surface area contributed by atoms with Crippen LogP contribution in [0.15, 0.2) is 60.7 Å². The van der Waals surface area contributed by atoms with Gasteiger partial charge in [-0.1, -0.05) is 60.7 Å². The van der Waals surface area contributed by atoms with Crippen LogP contribution in [0.2, 0.25) is 0 Å². The number of aliphatic hydroxyl groups is 1. The van der Waals surface area contributed by atoms with Crippen molar-refractivity contribution in [1.29, 1.82) is 0 Å². The van der Waals surface area contributed by atoms with Gasteiger partial charge in [-0.15, -0.1) is 0 Å². The summed E-state index contributed by atoms with van der Waals surface area (Å²) < 4.78 is 5.34. The third kappa shape index (κ3) is 4.00. The smallest absolute Gasteiger partial charge is 0.340 e. The molecule has 1 saturated carbocycles. The SMILES string of the molecule is O=C(O[C@H](C(=O)NC1CC1)c1ccccc1)[C@@H](O)c1ccccc1. The van der Waals surface area contributed by atoms with E-state index in [0.29, 0.717) is 11.1 Å². The van der Waals surface area contributed by atoms with Crippen LogP contribution in [-0.4, -0.2) is 23.0 Å². The molecule has 0 radical (unpaired) electrons. The fourth-order valence-electron chi connectivity index (χ4n) is 2.36. The quantitative estimate of drug-likeness (QED) is 0.799. The second-order valence-corrected chi connectivity index (χ2v) is 5.82. The minimum absolute atomic E-state index is 0.154. The summed E-state index contributed by atoms with van der Waals surface area (Å²) in [4.78, 5) is 24.7. The first kappa shape index (κ1) is 16.2. The molecule has 124 valence electrons. The first-order valence-corrected chi connectivity index (χ1v) is 7.94. The highest BCUT2D eigenvalue weighted by atomic mass is 16.6. The zero-order valence-electron chi connectivity index (χ0n) is 13.1. The molecule has 0 unspecified atom stereocenters. The number of carbonyl (C=O) groups is 2. The predicted molar refractivity (Wildman–Crippen MR) is 87.8 cm³/mol. The van der Waals surface area contributed by atoms with Crippen LogP contribution in [0.1, 0.15) is 36.2 Å². The van der Waals surface area contributed by atoms with Crippen LogP contribution < -0.4 is 5.32 Å². The Morgan fingerprint density at radius 2 is 1.50 bits per heavy atom. The van der Waals surface area contributed by atoms with Gasteiger partial charge in [0.15, 0.2) is 6.10 Å². The Balaban J connectivity index is 1.75. The summed E-state index contributed by atoms with van der Waals surface area (Å²) in [5, 5.41) is 13.0. The average molecular weight is 325 g/mol. The maximum Gasteiger partial charge on any atom is 0.340 e. The van der Waals surface area contributed by atoms with Crippen LogP contribution in [0.4, 0.5) is 0 Å². The number of aliphatic hydroxyl groups excluding tert-OH is 1. The number of rotatable bonds is 6. The van der Waals surface area contributed by atoms with E-state index in [4.69, 9.17) is 4.74 Å². The first-order chi connectivity index (χ1) is 11.6. The molecule has 0 saturated heterocycles. The maximum absolute atomic E-state index is 12.4. The summed E-state index contributed by atoms with van der Waals surface area (Å²) in [6.45, 7) is 0. The average Bonchev–Trinajstić information content (AvgIpc) is 3.44. The second kappa shape index (κ2) is 7.27. The molecular formula is C19H19NO4. The topological polar surface area (TPSA) is 75.6 Å². The van der Waals surface area contributed by atoms with E-state index < -0.39 is 18.2 Å². The first-order valence-electron chi connectivity index (χ1n) is 7.94. The largest absolute Gasteiger partial charge is 0.445 e. The van der Waals surface area contributed by atoms with Gasteiger partial charge in [0.2, 0.25) is 6.10 Å². The third-order valence-electron chi connectivity index (χ3n) is 3.84. The van der Waals surface area contributed by atoms with Crippen LogP contribution in [0.25, 0.3) is 0 Å². The molecule has 0 spiro atoms. The van der Waals surface area contributed by atoms with Crippen molar-refractivity contribution in [3.63, 3.8) is 0 Å². The summed E-state index contributed by atoms with van der Waals surface area (Å²) in [6.07, 6.45) is -0.620. The summed E-state index contributed by atoms with van der Waals surface area (Å²) in [5.74, 6) is -1.21. The lowest BCUT2D eigenvalue weighted by molar-refractivity contribution is -0.165. The van der Waals surface area contributed by atoms with Gasteiger partial charge in [-0.2, -0.15) is 0 Å². The van der Waals surface area contributed by atoms with Crippen LogP contribution in [0.5, 0.6) is 0 Å². The lowest BCUT2D eigenvalue weighted by Crippen LogP contribution is -2.34. The number of hydrogen-bond donors (Lipinski definition) is 2. The maximum atomic E-state index is 12.4. The van der Waals surface area contributed by atoms with Crippen molar-refractivity contribution in [1.82, 2.24) is 5.32 Å². The van der Waals surface area contributed by atoms with Crippen LogP contribution >= 0.6 is 0 Å². The molecular weight excluding hydrogens is 306 g/mol. The number of amides is 1. The van der Waals surface area contributed by atoms with Crippen molar-refractivity contribution >= 4 is 11.9 Å². The molecule has 2 aromatic rings. The Morgan fingerprint density at radius 3 is 2.04 bits per heavy atom. The van der Waals surface area contributed by atoms with Gasteiger partial charge in [0.05, 0.1) is 0 Å². The number of carbonyl (C=O) groups excluding carboxylic acids is 2. The molecule has 1 amide bonds. The summed E-state index contributed by atoms with van der Waals surface area (Å²) in [6, 6.07) is 17.5. The minimum Gasteiger partial charge on any atom is -0.445 e. The Kier molecular flexibility index (Phi) is 4.91. The van der Waals surface area contributed by atoms with Gasteiger partial charge in [0.25, 0.3) is 5.91 Å². The fraction of sp³-hybridized carbons (Fsp3) is 0.263. The number of hydrogen-bond acceptors (Lipinski definition) is 4. The molecule has 1 aliphatic carbocycles. The molecule has 3 rings (SSSR count). The summed E-state index contributed by atoms with van der Waals surface area (Å²) in [5.41, 5.74) is 1.00. The van der Waals surface area contributed by atoms with E-state index in [0.717, 1.165) is 12.8 Å². The number of benzene rings is 2. The molecule has 0 bridgehead atoms. The van der Waals surface area contributed by atoms with Gasteiger partial charge < -0.3 is 15.2 Å². The monoisotopic (exact) mass is 325 g/mol. The van der Waals surface area contributed by atoms with Gasteiger partial charge >= 0.3 is 5.97 Å². The summed E-state index contributed by atoms with van der Waals surface area (Å²) in [7, 11) is 0. The minimum atomic E-state index is -1.42. The van der Waals surface area contributed by atoms with Crippen LogP contribution in [0.3, 0.4) is 0 Å². The lowest BCUT2D eigenvalue weighted by atomic mass is 10.1. The van der Waals surface area contributed by atoms with E-state index >= 15 is 0 Å². The molecule has 2 aromatic carbocycles. The highest BCUT2D eigenvalue weighted by Crippen LogP contribution is 2.25. The standard InChI is InChI=1S/C19H19NO4/c21-16(13-7-3-1-4-8-13)19(23)24-17(14-9-5-2-6-10-14)18(22)20-15-11-12-15/h1-10,15-17,21H,11-12H2,(H,20,22)/t16-,17-/m0/s1. The Labute approximate surface area is 140 Å². The van der Waals surface area contributed by atoms with Crippen molar-refractivity contribution in [3.05, 3.63) is 71.8 Å². The van der Waals surface area contributed by atoms with Gasteiger partial charge in [0, 0.05) is 11.6 Å². The van der Waals surface area contributed by atoms with E-state index in [1.165, 1.54) is 0 Å². The van der Waals surface area contributed by atoms with Gasteiger partial charge in [0.1, 0.15) is 0 Å². The number of nitrogens with one attached hydrogen (secondary N) is 1. The molecule has 0 heterocycles. The van der Waals surface area contributed by atoms with Crippen molar-refractivity contribution in [2.24, 2.45) is 0 Å². The highest BCUT2D eigenvalue weighted by Gasteiger charge is 2.32. The molecule has 5 nitrogen and oxygen atoms in total. The van der Waals surface area contributed by atoms with Gasteiger partial charge in [-0.25, -0.2) is 4.79 Å². The zero-order chi connectivity index (χ0) is 16.9. The van der Waals surface area contributed by atoms with Gasteiger partial charge in [-0.05, 0) is 18.4 Å². The summed E-state index contributed by atoms with van der Waals surface area (Å²) >= 11 is 0. The molecule has 2 atom stereocenters. The van der Waals surface area contributed by atoms with Gasteiger partial charge in [-0.3, -0.25) is 4.79 Å². The third-order valence-corrected chi connectivity index (χ3v) is 3.84. The van der Waals surface area contributed by atoms with Crippen molar-refractivity contribution in [2.75, 3.05) is 0 Å². The lowest BCUT2D eigenvalue weighted by Gasteiger charge is -2.20.